The third kappa shape index (κ3) is 3.13. The van der Waals surface area contributed by atoms with Crippen LogP contribution in [-0.4, -0.2) is 26.1 Å². The number of fused-ring (bicyclic) bond motifs is 3. The maximum absolute atomic E-state index is 12.7. The van der Waals surface area contributed by atoms with Crippen LogP contribution in [0.15, 0.2) is 27.6 Å². The average Bonchev–Trinajstić information content (AvgIpc) is 3.21. The van der Waals surface area contributed by atoms with E-state index >= 15 is 0 Å². The molecule has 3 heterocycles. The summed E-state index contributed by atoms with van der Waals surface area (Å²) in [4.78, 5) is 24.8. The van der Waals surface area contributed by atoms with Crippen molar-refractivity contribution in [3.8, 4) is 0 Å². The Labute approximate surface area is 151 Å². The largest absolute Gasteiger partial charge is 0.463 e. The van der Waals surface area contributed by atoms with E-state index in [9.17, 15) is 9.59 Å². The lowest BCUT2D eigenvalue weighted by molar-refractivity contribution is -0.122. The minimum atomic E-state index is -0.158. The second-order valence-electron chi connectivity index (χ2n) is 7.12. The van der Waals surface area contributed by atoms with Gasteiger partial charge >= 0.3 is 0 Å². The Morgan fingerprint density at radius 2 is 2.12 bits per heavy atom. The van der Waals surface area contributed by atoms with E-state index < -0.39 is 0 Å². The fraction of sp³-hybridized carbons (Fsp3) is 0.526. The summed E-state index contributed by atoms with van der Waals surface area (Å²) in [6, 6.07) is 3.90. The molecule has 0 aliphatic heterocycles. The summed E-state index contributed by atoms with van der Waals surface area (Å²) in [6.07, 6.45) is 8.44. The van der Waals surface area contributed by atoms with E-state index in [1.807, 2.05) is 17.4 Å². The average molecular weight is 356 g/mol. The number of carbonyl (C=O) groups is 1. The van der Waals surface area contributed by atoms with Crippen molar-refractivity contribution in [2.45, 2.75) is 64.5 Å². The normalized spacial score (nSPS) is 15.7. The van der Waals surface area contributed by atoms with Gasteiger partial charge in [0, 0.05) is 31.1 Å². The van der Waals surface area contributed by atoms with Crippen LogP contribution in [0.4, 0.5) is 0 Å². The standard InChI is InChI=1S/C19H24N4O3/c1-13-21-22(10-5-8-18(24)20-14-6-3-2-4-7-14)19(25)16-12-17-15(23(13)16)9-11-26-17/h9,11-12,14H,2-8,10H2,1H3,(H,20,24). The minimum absolute atomic E-state index is 0.0722. The lowest BCUT2D eigenvalue weighted by Crippen LogP contribution is -2.36. The van der Waals surface area contributed by atoms with Crippen LogP contribution in [0.5, 0.6) is 0 Å². The van der Waals surface area contributed by atoms with Crippen LogP contribution in [0.25, 0.3) is 16.6 Å². The molecule has 3 aromatic rings. The Morgan fingerprint density at radius 3 is 2.92 bits per heavy atom. The summed E-state index contributed by atoms with van der Waals surface area (Å²) < 4.78 is 8.66. The molecular formula is C19H24N4O3. The molecule has 0 atom stereocenters. The fourth-order valence-corrected chi connectivity index (χ4v) is 3.92. The Balaban J connectivity index is 1.43. The predicted octanol–water partition coefficient (Wildman–Crippen LogP) is 2.78. The van der Waals surface area contributed by atoms with Crippen LogP contribution in [-0.2, 0) is 11.3 Å². The number of rotatable bonds is 5. The highest BCUT2D eigenvalue weighted by molar-refractivity contribution is 5.82. The van der Waals surface area contributed by atoms with Gasteiger partial charge in [-0.3, -0.25) is 14.0 Å². The van der Waals surface area contributed by atoms with Crippen molar-refractivity contribution in [1.82, 2.24) is 19.5 Å². The Kier molecular flexibility index (Phi) is 4.53. The molecule has 7 heteroatoms. The molecule has 26 heavy (non-hydrogen) atoms. The van der Waals surface area contributed by atoms with E-state index in [-0.39, 0.29) is 11.5 Å². The van der Waals surface area contributed by atoms with E-state index in [4.69, 9.17) is 4.42 Å². The van der Waals surface area contributed by atoms with E-state index in [2.05, 4.69) is 10.4 Å². The third-order valence-electron chi connectivity index (χ3n) is 5.21. The summed E-state index contributed by atoms with van der Waals surface area (Å²) in [5, 5.41) is 7.52. The number of hydrogen-bond donors (Lipinski definition) is 1. The zero-order valence-corrected chi connectivity index (χ0v) is 15.0. The van der Waals surface area contributed by atoms with Gasteiger partial charge in [0.05, 0.1) is 11.8 Å². The number of nitrogens with one attached hydrogen (secondary N) is 1. The maximum Gasteiger partial charge on any atom is 0.291 e. The van der Waals surface area contributed by atoms with Crippen molar-refractivity contribution >= 4 is 22.5 Å². The molecule has 0 bridgehead atoms. The second kappa shape index (κ2) is 6.97. The summed E-state index contributed by atoms with van der Waals surface area (Å²) in [5.41, 5.74) is 1.92. The van der Waals surface area contributed by atoms with E-state index in [0.29, 0.717) is 36.5 Å². The van der Waals surface area contributed by atoms with Gasteiger partial charge in [-0.15, -0.1) is 0 Å². The van der Waals surface area contributed by atoms with Gasteiger partial charge in [-0.05, 0) is 26.2 Å². The predicted molar refractivity (Wildman–Crippen MR) is 98.2 cm³/mol. The molecular weight excluding hydrogens is 332 g/mol. The number of aromatic nitrogens is 3. The maximum atomic E-state index is 12.7. The van der Waals surface area contributed by atoms with Crippen molar-refractivity contribution in [2.24, 2.45) is 0 Å². The summed E-state index contributed by atoms with van der Waals surface area (Å²) in [6.45, 7) is 2.30. The zero-order chi connectivity index (χ0) is 18.1. The van der Waals surface area contributed by atoms with Crippen molar-refractivity contribution in [1.29, 1.82) is 0 Å². The van der Waals surface area contributed by atoms with Gasteiger partial charge in [0.25, 0.3) is 5.56 Å². The summed E-state index contributed by atoms with van der Waals surface area (Å²) in [7, 11) is 0. The first-order chi connectivity index (χ1) is 12.6. The van der Waals surface area contributed by atoms with Gasteiger partial charge < -0.3 is 9.73 Å². The number of hydrogen-bond acceptors (Lipinski definition) is 4. The van der Waals surface area contributed by atoms with Crippen LogP contribution in [0.2, 0.25) is 0 Å². The first-order valence-electron chi connectivity index (χ1n) is 9.39. The molecule has 1 fully saturated rings. The molecule has 1 N–H and O–H groups in total. The molecule has 0 spiro atoms. The van der Waals surface area contributed by atoms with E-state index in [1.54, 1.807) is 12.3 Å². The first-order valence-corrected chi connectivity index (χ1v) is 9.39. The van der Waals surface area contributed by atoms with Gasteiger partial charge in [-0.25, -0.2) is 4.68 Å². The highest BCUT2D eigenvalue weighted by Gasteiger charge is 2.16. The van der Waals surface area contributed by atoms with Crippen LogP contribution >= 0.6 is 0 Å². The monoisotopic (exact) mass is 356 g/mol. The summed E-state index contributed by atoms with van der Waals surface area (Å²) in [5.74, 6) is 0.797. The Hall–Kier alpha value is -2.57. The molecule has 0 aromatic carbocycles. The topological polar surface area (TPSA) is 81.5 Å². The number of furan rings is 1. The molecule has 1 amide bonds. The van der Waals surface area contributed by atoms with E-state index in [0.717, 1.165) is 24.2 Å². The highest BCUT2D eigenvalue weighted by atomic mass is 16.3. The molecule has 4 rings (SSSR count). The lowest BCUT2D eigenvalue weighted by Gasteiger charge is -2.22. The van der Waals surface area contributed by atoms with Gasteiger partial charge in [0.15, 0.2) is 5.58 Å². The number of nitrogens with zero attached hydrogens (tertiary/aromatic N) is 3. The summed E-state index contributed by atoms with van der Waals surface area (Å²) >= 11 is 0. The molecule has 0 radical (unpaired) electrons. The highest BCUT2D eigenvalue weighted by Crippen LogP contribution is 2.20. The minimum Gasteiger partial charge on any atom is -0.463 e. The van der Waals surface area contributed by atoms with Crippen LogP contribution in [0, 0.1) is 6.92 Å². The first kappa shape index (κ1) is 16.9. The molecule has 7 nitrogen and oxygen atoms in total. The molecule has 1 saturated carbocycles. The van der Waals surface area contributed by atoms with Gasteiger partial charge in [-0.1, -0.05) is 19.3 Å². The van der Waals surface area contributed by atoms with Crippen LogP contribution in [0.1, 0.15) is 50.8 Å². The van der Waals surface area contributed by atoms with Crippen molar-refractivity contribution in [2.75, 3.05) is 0 Å². The zero-order valence-electron chi connectivity index (χ0n) is 15.0. The molecule has 138 valence electrons. The van der Waals surface area contributed by atoms with Crippen molar-refractivity contribution in [3.63, 3.8) is 0 Å². The van der Waals surface area contributed by atoms with Crippen LogP contribution < -0.4 is 10.9 Å². The van der Waals surface area contributed by atoms with Crippen molar-refractivity contribution < 1.29 is 9.21 Å². The quantitative estimate of drug-likeness (QED) is 0.762. The molecule has 0 unspecified atom stereocenters. The molecule has 1 aliphatic carbocycles. The number of aryl methyl sites for hydroxylation is 2. The lowest BCUT2D eigenvalue weighted by atomic mass is 9.95. The molecule has 1 aliphatic rings. The van der Waals surface area contributed by atoms with Crippen molar-refractivity contribution in [3.05, 3.63) is 34.6 Å². The third-order valence-corrected chi connectivity index (χ3v) is 5.21. The van der Waals surface area contributed by atoms with Gasteiger partial charge in [-0.2, -0.15) is 5.10 Å². The SMILES string of the molecule is Cc1nn(CCCC(=O)NC2CCCCC2)c(=O)c2cc3occc3n12. The Morgan fingerprint density at radius 1 is 1.31 bits per heavy atom. The molecule has 0 saturated heterocycles. The van der Waals surface area contributed by atoms with Crippen LogP contribution in [0.3, 0.4) is 0 Å². The Bertz CT molecular complexity index is 991. The molecule has 3 aromatic heterocycles. The smallest absolute Gasteiger partial charge is 0.291 e. The second-order valence-corrected chi connectivity index (χ2v) is 7.12. The van der Waals surface area contributed by atoms with Gasteiger partial charge in [0.1, 0.15) is 11.3 Å². The number of amides is 1. The number of carbonyl (C=O) groups excluding carboxylic acids is 1. The van der Waals surface area contributed by atoms with Gasteiger partial charge in [0.2, 0.25) is 5.91 Å². The fourth-order valence-electron chi connectivity index (χ4n) is 3.92. The van der Waals surface area contributed by atoms with E-state index in [1.165, 1.54) is 23.9 Å².